The molecule has 0 amide bonds. The van der Waals surface area contributed by atoms with Crippen LogP contribution in [0.1, 0.15) is 48.0 Å². The van der Waals surface area contributed by atoms with Gasteiger partial charge in [0.15, 0.2) is 0 Å². The molecule has 1 heterocycles. The highest BCUT2D eigenvalue weighted by Gasteiger charge is 2.34. The van der Waals surface area contributed by atoms with E-state index in [1.54, 1.807) is 0 Å². The molecule has 0 spiro atoms. The van der Waals surface area contributed by atoms with Crippen LogP contribution in [0.5, 0.6) is 0 Å². The van der Waals surface area contributed by atoms with E-state index in [0.29, 0.717) is 18.0 Å². The first-order valence-corrected chi connectivity index (χ1v) is 7.52. The quantitative estimate of drug-likeness (QED) is 0.790. The molecular weight excluding hydrogens is 224 g/mol. The van der Waals surface area contributed by atoms with E-state index in [0.717, 1.165) is 19.7 Å². The van der Waals surface area contributed by atoms with Gasteiger partial charge in [-0.15, -0.1) is 0 Å². The summed E-state index contributed by atoms with van der Waals surface area (Å²) in [6.07, 6.45) is 1.25. The third kappa shape index (κ3) is 4.22. The summed E-state index contributed by atoms with van der Waals surface area (Å²) in [5.41, 5.74) is -0.0340. The maximum absolute atomic E-state index is 5.83. The topological polar surface area (TPSA) is 24.5 Å². The van der Waals surface area contributed by atoms with Crippen molar-refractivity contribution in [2.45, 2.75) is 65.6 Å². The number of rotatable bonds is 6. The highest BCUT2D eigenvalue weighted by atomic mass is 16.5. The zero-order valence-electron chi connectivity index (χ0n) is 13.1. The van der Waals surface area contributed by atoms with Crippen LogP contribution in [0.25, 0.3) is 0 Å². The van der Waals surface area contributed by atoms with Gasteiger partial charge in [-0.1, -0.05) is 13.8 Å². The van der Waals surface area contributed by atoms with Gasteiger partial charge in [-0.05, 0) is 46.6 Å². The molecule has 1 rings (SSSR count). The van der Waals surface area contributed by atoms with E-state index in [2.05, 4.69) is 51.8 Å². The number of piperidine rings is 1. The maximum atomic E-state index is 5.83. The van der Waals surface area contributed by atoms with E-state index in [1.165, 1.54) is 13.0 Å². The molecule has 1 fully saturated rings. The second-order valence-corrected chi connectivity index (χ2v) is 6.22. The number of hydrogen-bond donors (Lipinski definition) is 1. The van der Waals surface area contributed by atoms with Crippen molar-refractivity contribution in [2.24, 2.45) is 5.92 Å². The van der Waals surface area contributed by atoms with E-state index in [4.69, 9.17) is 4.74 Å². The molecule has 3 heteroatoms. The summed E-state index contributed by atoms with van der Waals surface area (Å²) in [6, 6.07) is 1.30. The lowest BCUT2D eigenvalue weighted by atomic mass is 9.86. The van der Waals surface area contributed by atoms with Crippen molar-refractivity contribution >= 4 is 0 Å². The van der Waals surface area contributed by atoms with Gasteiger partial charge < -0.3 is 10.1 Å². The van der Waals surface area contributed by atoms with Gasteiger partial charge in [0.1, 0.15) is 0 Å². The molecule has 0 aromatic rings. The zero-order chi connectivity index (χ0) is 13.8. The summed E-state index contributed by atoms with van der Waals surface area (Å²) >= 11 is 0. The van der Waals surface area contributed by atoms with Crippen LogP contribution in [0, 0.1) is 5.92 Å². The van der Waals surface area contributed by atoms with Gasteiger partial charge in [-0.25, -0.2) is 0 Å². The third-order valence-corrected chi connectivity index (χ3v) is 4.28. The van der Waals surface area contributed by atoms with Gasteiger partial charge in [0.25, 0.3) is 0 Å². The predicted octanol–water partition coefficient (Wildman–Crippen LogP) is 2.51. The van der Waals surface area contributed by atoms with Crippen molar-refractivity contribution in [3.8, 4) is 0 Å². The molecular formula is C15H32N2O. The minimum Gasteiger partial charge on any atom is -0.375 e. The maximum Gasteiger partial charge on any atom is 0.0752 e. The summed E-state index contributed by atoms with van der Waals surface area (Å²) in [5.74, 6) is 0.705. The Morgan fingerprint density at radius 3 is 2.50 bits per heavy atom. The van der Waals surface area contributed by atoms with E-state index < -0.39 is 0 Å². The molecule has 0 bridgehead atoms. The van der Waals surface area contributed by atoms with Crippen molar-refractivity contribution in [1.29, 1.82) is 0 Å². The summed E-state index contributed by atoms with van der Waals surface area (Å²) < 4.78 is 5.83. The Morgan fingerprint density at radius 2 is 1.94 bits per heavy atom. The Hall–Kier alpha value is -0.120. The molecule has 0 aromatic heterocycles. The molecule has 1 saturated heterocycles. The number of hydrogen-bond acceptors (Lipinski definition) is 3. The molecule has 3 atom stereocenters. The second kappa shape index (κ2) is 6.88. The van der Waals surface area contributed by atoms with E-state index in [1.807, 2.05) is 0 Å². The van der Waals surface area contributed by atoms with Gasteiger partial charge in [0.2, 0.25) is 0 Å². The van der Waals surface area contributed by atoms with Gasteiger partial charge in [0.05, 0.1) is 5.60 Å². The van der Waals surface area contributed by atoms with Gasteiger partial charge in [0, 0.05) is 31.8 Å². The lowest BCUT2D eigenvalue weighted by Crippen LogP contribution is -2.56. The van der Waals surface area contributed by atoms with Gasteiger partial charge in [-0.3, -0.25) is 4.90 Å². The highest BCUT2D eigenvalue weighted by Crippen LogP contribution is 2.26. The van der Waals surface area contributed by atoms with Crippen molar-refractivity contribution in [3.05, 3.63) is 0 Å². The molecule has 18 heavy (non-hydrogen) atoms. The zero-order valence-corrected chi connectivity index (χ0v) is 13.1. The van der Waals surface area contributed by atoms with Crippen LogP contribution in [-0.4, -0.2) is 48.8 Å². The minimum atomic E-state index is -0.0340. The Labute approximate surface area is 113 Å². The van der Waals surface area contributed by atoms with Gasteiger partial charge in [-0.2, -0.15) is 0 Å². The minimum absolute atomic E-state index is 0.0340. The number of likely N-dealkylation sites (tertiary alicyclic amines) is 1. The van der Waals surface area contributed by atoms with Gasteiger partial charge >= 0.3 is 0 Å². The fourth-order valence-electron chi connectivity index (χ4n) is 3.14. The van der Waals surface area contributed by atoms with Crippen molar-refractivity contribution < 1.29 is 4.74 Å². The molecule has 0 aliphatic carbocycles. The monoisotopic (exact) mass is 256 g/mol. The Kier molecular flexibility index (Phi) is 6.09. The van der Waals surface area contributed by atoms with E-state index >= 15 is 0 Å². The van der Waals surface area contributed by atoms with Crippen LogP contribution in [0.2, 0.25) is 0 Å². The highest BCUT2D eigenvalue weighted by molar-refractivity contribution is 4.90. The first kappa shape index (κ1) is 15.9. The number of ether oxygens (including phenoxy) is 1. The van der Waals surface area contributed by atoms with Crippen molar-refractivity contribution in [1.82, 2.24) is 10.2 Å². The lowest BCUT2D eigenvalue weighted by Gasteiger charge is -2.45. The summed E-state index contributed by atoms with van der Waals surface area (Å²) in [5, 5.41) is 3.62. The average molecular weight is 256 g/mol. The standard InChI is InChI=1S/C15H32N2O/c1-7-16-14-9-10-17(13(4)12(14)3)11-15(5,6)18-8-2/h12-14,16H,7-11H2,1-6H3. The summed E-state index contributed by atoms with van der Waals surface area (Å²) in [4.78, 5) is 2.59. The molecule has 0 saturated carbocycles. The Bertz CT molecular complexity index is 243. The molecule has 108 valence electrons. The van der Waals surface area contributed by atoms with E-state index in [9.17, 15) is 0 Å². The van der Waals surface area contributed by atoms with E-state index in [-0.39, 0.29) is 5.60 Å². The molecule has 1 aliphatic heterocycles. The first-order valence-electron chi connectivity index (χ1n) is 7.52. The van der Waals surface area contributed by atoms with Crippen LogP contribution < -0.4 is 5.32 Å². The molecule has 1 N–H and O–H groups in total. The van der Waals surface area contributed by atoms with Crippen LogP contribution in [0.15, 0.2) is 0 Å². The number of nitrogens with zero attached hydrogens (tertiary/aromatic N) is 1. The second-order valence-electron chi connectivity index (χ2n) is 6.22. The van der Waals surface area contributed by atoms with Crippen molar-refractivity contribution in [3.63, 3.8) is 0 Å². The molecule has 3 nitrogen and oxygen atoms in total. The fraction of sp³-hybridized carbons (Fsp3) is 1.00. The normalized spacial score (nSPS) is 30.7. The predicted molar refractivity (Wildman–Crippen MR) is 78.0 cm³/mol. The average Bonchev–Trinajstić information content (AvgIpc) is 2.29. The molecule has 0 aromatic carbocycles. The van der Waals surface area contributed by atoms with Crippen LogP contribution in [-0.2, 0) is 4.74 Å². The Morgan fingerprint density at radius 1 is 1.28 bits per heavy atom. The van der Waals surface area contributed by atoms with Crippen molar-refractivity contribution in [2.75, 3.05) is 26.2 Å². The summed E-state index contributed by atoms with van der Waals surface area (Å²) in [6.45, 7) is 17.5. The third-order valence-electron chi connectivity index (χ3n) is 4.28. The number of nitrogens with one attached hydrogen (secondary N) is 1. The smallest absolute Gasteiger partial charge is 0.0752 e. The molecule has 1 aliphatic rings. The fourth-order valence-corrected chi connectivity index (χ4v) is 3.14. The Balaban J connectivity index is 2.55. The largest absolute Gasteiger partial charge is 0.375 e. The lowest BCUT2D eigenvalue weighted by molar-refractivity contribution is -0.0545. The van der Waals surface area contributed by atoms with Crippen LogP contribution in [0.4, 0.5) is 0 Å². The summed E-state index contributed by atoms with van der Waals surface area (Å²) in [7, 11) is 0. The molecule has 3 unspecified atom stereocenters. The molecule has 0 radical (unpaired) electrons. The van der Waals surface area contributed by atoms with Crippen LogP contribution >= 0.6 is 0 Å². The van der Waals surface area contributed by atoms with Crippen LogP contribution in [0.3, 0.4) is 0 Å². The first-order chi connectivity index (χ1) is 8.41. The SMILES string of the molecule is CCNC1CCN(CC(C)(C)OCC)C(C)C1C.